The quantitative estimate of drug-likeness (QED) is 0.588. The van der Waals surface area contributed by atoms with Crippen molar-refractivity contribution in [1.29, 1.82) is 0 Å². The summed E-state index contributed by atoms with van der Waals surface area (Å²) in [4.78, 5) is 26.9. The first kappa shape index (κ1) is 10.2. The van der Waals surface area contributed by atoms with Gasteiger partial charge >= 0.3 is 95.7 Å². The van der Waals surface area contributed by atoms with Crippen molar-refractivity contribution in [2.45, 2.75) is 0 Å². The van der Waals surface area contributed by atoms with E-state index in [1.807, 2.05) is 30.3 Å². The van der Waals surface area contributed by atoms with Crippen LogP contribution in [0.25, 0.3) is 0 Å². The predicted molar refractivity (Wildman–Crippen MR) is 51.5 cm³/mol. The van der Waals surface area contributed by atoms with Crippen molar-refractivity contribution in [3.05, 3.63) is 64.5 Å². The second-order valence-electron chi connectivity index (χ2n) is 2.81. The molecule has 0 bridgehead atoms. The summed E-state index contributed by atoms with van der Waals surface area (Å²) in [6.07, 6.45) is 1.50. The Bertz CT molecular complexity index is 559. The molecular weight excluding hydrogens is 307 g/mol. The van der Waals surface area contributed by atoms with Gasteiger partial charge in [0.1, 0.15) is 0 Å². The Kier molecular flexibility index (Phi) is 3.00. The van der Waals surface area contributed by atoms with E-state index in [2.05, 4.69) is 9.97 Å². The zero-order valence-electron chi connectivity index (χ0n) is 7.66. The predicted octanol–water partition coefficient (Wildman–Crippen LogP) is -2.81. The van der Waals surface area contributed by atoms with Gasteiger partial charge in [0.05, 0.1) is 0 Å². The van der Waals surface area contributed by atoms with Gasteiger partial charge in [-0.3, -0.25) is 0 Å². The molecule has 0 aliphatic heterocycles. The summed E-state index contributed by atoms with van der Waals surface area (Å²) in [6, 6.07) is 9.78. The Hall–Kier alpha value is -1.37. The van der Waals surface area contributed by atoms with Gasteiger partial charge in [-0.25, -0.2) is 0 Å². The van der Waals surface area contributed by atoms with Crippen LogP contribution in [0.3, 0.4) is 0 Å². The fourth-order valence-electron chi connectivity index (χ4n) is 1.06. The van der Waals surface area contributed by atoms with Gasteiger partial charge in [-0.05, 0) is 0 Å². The number of benzene rings is 1. The van der Waals surface area contributed by atoms with Gasteiger partial charge in [0, 0.05) is 0 Å². The second-order valence-corrected chi connectivity index (χ2v) is 5.76. The zero-order chi connectivity index (χ0) is 10.7. The van der Waals surface area contributed by atoms with Crippen LogP contribution in [-0.2, 0) is 0 Å². The van der Waals surface area contributed by atoms with Crippen LogP contribution in [0.5, 0.6) is 0 Å². The minimum absolute atomic E-state index is 0.282. The Morgan fingerprint density at radius 3 is 2.47 bits per heavy atom. The molecule has 1 aromatic carbocycles. The molecule has 5 heteroatoms. The van der Waals surface area contributed by atoms with Crippen LogP contribution in [0.1, 0.15) is 0 Å². The van der Waals surface area contributed by atoms with Gasteiger partial charge in [0.25, 0.3) is 0 Å². The van der Waals surface area contributed by atoms with E-state index in [1.54, 1.807) is 0 Å². The SMILES string of the molecule is O=c1[nH]cc([I-]c2ccccc2)c(=O)[nH]1. The monoisotopic (exact) mass is 315 g/mol. The number of aromatic amines is 2. The Balaban J connectivity index is 2.33. The number of halogens is 1. The molecule has 0 aliphatic carbocycles. The summed E-state index contributed by atoms with van der Waals surface area (Å²) in [5.74, 6) is 0. The number of nitrogens with one attached hydrogen (secondary N) is 2. The number of H-pyrrole nitrogens is 2. The third kappa shape index (κ3) is 2.56. The molecule has 0 atom stereocenters. The van der Waals surface area contributed by atoms with Gasteiger partial charge in [0.15, 0.2) is 0 Å². The van der Waals surface area contributed by atoms with Gasteiger partial charge in [-0.1, -0.05) is 0 Å². The average Bonchev–Trinajstić information content (AvgIpc) is 2.24. The van der Waals surface area contributed by atoms with Crippen molar-refractivity contribution in [3.8, 4) is 0 Å². The van der Waals surface area contributed by atoms with Crippen LogP contribution in [0.15, 0.2) is 46.1 Å². The van der Waals surface area contributed by atoms with Crippen molar-refractivity contribution in [2.24, 2.45) is 0 Å². The molecule has 0 radical (unpaired) electrons. The normalized spacial score (nSPS) is 10.4. The molecule has 0 amide bonds. The molecular formula is C10H8IN2O2-. The van der Waals surface area contributed by atoms with E-state index < -0.39 is 26.9 Å². The third-order valence-corrected chi connectivity index (χ3v) is 4.44. The fourth-order valence-corrected chi connectivity index (χ4v) is 3.20. The molecule has 1 aromatic heterocycles. The number of aromatic nitrogens is 2. The maximum absolute atomic E-state index is 11.4. The third-order valence-electron chi connectivity index (χ3n) is 1.72. The molecule has 0 unspecified atom stereocenters. The van der Waals surface area contributed by atoms with Crippen molar-refractivity contribution in [1.82, 2.24) is 9.97 Å². The van der Waals surface area contributed by atoms with Crippen LogP contribution in [-0.4, -0.2) is 9.97 Å². The molecule has 2 aromatic rings. The van der Waals surface area contributed by atoms with Gasteiger partial charge in [-0.15, -0.1) is 0 Å². The molecule has 0 fully saturated rings. The Morgan fingerprint density at radius 1 is 1.07 bits per heavy atom. The summed E-state index contributed by atoms with van der Waals surface area (Å²) >= 11 is -0.520. The van der Waals surface area contributed by atoms with Crippen molar-refractivity contribution < 1.29 is 21.2 Å². The van der Waals surface area contributed by atoms with Crippen molar-refractivity contribution in [2.75, 3.05) is 0 Å². The molecule has 0 spiro atoms. The van der Waals surface area contributed by atoms with Crippen LogP contribution >= 0.6 is 0 Å². The van der Waals surface area contributed by atoms with Crippen molar-refractivity contribution >= 4 is 0 Å². The van der Waals surface area contributed by atoms with E-state index in [4.69, 9.17) is 0 Å². The minimum atomic E-state index is -0.520. The molecule has 0 saturated carbocycles. The molecule has 4 nitrogen and oxygen atoms in total. The summed E-state index contributed by atoms with van der Waals surface area (Å²) in [5, 5.41) is 0. The Labute approximate surface area is 95.6 Å². The summed E-state index contributed by atoms with van der Waals surface area (Å²) < 4.78 is 1.81. The van der Waals surface area contributed by atoms with Crippen LogP contribution in [0.2, 0.25) is 0 Å². The van der Waals surface area contributed by atoms with E-state index in [9.17, 15) is 9.59 Å². The maximum atomic E-state index is 11.4. The molecule has 1 heterocycles. The standard InChI is InChI=1S/C10H8IN2O2/c14-9-8(6-12-10(15)13-9)11-7-4-2-1-3-5-7/h1-6H,(H2,12,13,14,15)/q-1. The van der Waals surface area contributed by atoms with E-state index in [0.717, 1.165) is 3.57 Å². The van der Waals surface area contributed by atoms with Crippen LogP contribution in [0, 0.1) is 7.14 Å². The topological polar surface area (TPSA) is 65.7 Å². The molecule has 0 aliphatic rings. The van der Waals surface area contributed by atoms with Gasteiger partial charge < -0.3 is 0 Å². The molecule has 78 valence electrons. The first-order chi connectivity index (χ1) is 7.25. The second kappa shape index (κ2) is 4.43. The van der Waals surface area contributed by atoms with Crippen LogP contribution in [0.4, 0.5) is 0 Å². The summed E-state index contributed by atoms with van der Waals surface area (Å²) in [7, 11) is 0. The number of rotatable bonds is 2. The molecule has 15 heavy (non-hydrogen) atoms. The van der Waals surface area contributed by atoms with Gasteiger partial charge in [0.2, 0.25) is 0 Å². The van der Waals surface area contributed by atoms with E-state index in [0.29, 0.717) is 3.57 Å². The average molecular weight is 315 g/mol. The molecule has 2 rings (SSSR count). The molecule has 2 N–H and O–H groups in total. The fraction of sp³-hybridized carbons (Fsp3) is 0. The Morgan fingerprint density at radius 2 is 1.80 bits per heavy atom. The number of hydrogen-bond donors (Lipinski definition) is 2. The number of hydrogen-bond acceptors (Lipinski definition) is 2. The zero-order valence-corrected chi connectivity index (χ0v) is 9.82. The summed E-state index contributed by atoms with van der Waals surface area (Å²) in [5.41, 5.74) is -0.740. The van der Waals surface area contributed by atoms with E-state index in [1.165, 1.54) is 6.20 Å². The first-order valence-electron chi connectivity index (χ1n) is 4.27. The van der Waals surface area contributed by atoms with Crippen molar-refractivity contribution in [3.63, 3.8) is 0 Å². The van der Waals surface area contributed by atoms with E-state index in [-0.39, 0.29) is 5.56 Å². The van der Waals surface area contributed by atoms with E-state index >= 15 is 0 Å². The van der Waals surface area contributed by atoms with Crippen LogP contribution < -0.4 is 32.5 Å². The summed E-state index contributed by atoms with van der Waals surface area (Å²) in [6.45, 7) is 0. The molecule has 0 saturated heterocycles. The van der Waals surface area contributed by atoms with Gasteiger partial charge in [-0.2, -0.15) is 0 Å². The first-order valence-corrected chi connectivity index (χ1v) is 6.43.